The lowest BCUT2D eigenvalue weighted by molar-refractivity contribution is -0.384. The van der Waals surface area contributed by atoms with Crippen LogP contribution in [0.1, 0.15) is 25.0 Å². The van der Waals surface area contributed by atoms with E-state index in [0.29, 0.717) is 10.6 Å². The lowest BCUT2D eigenvalue weighted by Gasteiger charge is -2.34. The summed E-state index contributed by atoms with van der Waals surface area (Å²) in [5.74, 6) is -1.16. The van der Waals surface area contributed by atoms with Gasteiger partial charge in [-0.05, 0) is 43.2 Å². The van der Waals surface area contributed by atoms with Crippen LogP contribution in [-0.2, 0) is 32.6 Å². The van der Waals surface area contributed by atoms with E-state index in [4.69, 9.17) is 23.2 Å². The predicted octanol–water partition coefficient (Wildman–Crippen LogP) is 4.83. The number of nitro benzene ring substituents is 1. The van der Waals surface area contributed by atoms with E-state index in [0.717, 1.165) is 22.2 Å². The molecule has 1 N–H and O–H groups in total. The van der Waals surface area contributed by atoms with Gasteiger partial charge in [-0.2, -0.15) is 0 Å². The number of benzene rings is 3. The summed E-state index contributed by atoms with van der Waals surface area (Å²) in [6.45, 7) is 2.72. The molecule has 0 aromatic heterocycles. The van der Waals surface area contributed by atoms with Crippen LogP contribution in [0.15, 0.2) is 72.8 Å². The Hall–Kier alpha value is -3.67. The molecule has 0 heterocycles. The molecular weight excluding hydrogens is 591 g/mol. The van der Waals surface area contributed by atoms with Gasteiger partial charge in [-0.3, -0.25) is 24.0 Å². The lowest BCUT2D eigenvalue weighted by atomic mass is 10.0. The zero-order valence-electron chi connectivity index (χ0n) is 22.7. The Kier molecular flexibility index (Phi) is 10.7. The van der Waals surface area contributed by atoms with Crippen LogP contribution in [0.3, 0.4) is 0 Å². The first kappa shape index (κ1) is 31.9. The van der Waals surface area contributed by atoms with Gasteiger partial charge in [0.2, 0.25) is 21.8 Å². The highest BCUT2D eigenvalue weighted by atomic mass is 35.5. The average molecular weight is 622 g/mol. The molecule has 218 valence electrons. The molecule has 0 spiro atoms. The molecule has 41 heavy (non-hydrogen) atoms. The van der Waals surface area contributed by atoms with Crippen LogP contribution in [0, 0.1) is 10.1 Å². The lowest BCUT2D eigenvalue weighted by Crippen LogP contribution is -2.54. The summed E-state index contributed by atoms with van der Waals surface area (Å²) in [7, 11) is -4.08. The number of amides is 2. The maximum absolute atomic E-state index is 14.0. The predicted molar refractivity (Wildman–Crippen MR) is 160 cm³/mol. The Balaban J connectivity index is 2.10. The first-order valence-corrected chi connectivity index (χ1v) is 15.2. The summed E-state index contributed by atoms with van der Waals surface area (Å²) in [6, 6.07) is 17.5. The van der Waals surface area contributed by atoms with Crippen molar-refractivity contribution in [1.82, 2.24) is 10.2 Å². The number of nitrogens with one attached hydrogen (secondary N) is 1. The number of nitrogens with zero attached hydrogens (tertiary/aromatic N) is 3. The fourth-order valence-electron chi connectivity index (χ4n) is 4.14. The third-order valence-corrected chi connectivity index (χ3v) is 7.79. The van der Waals surface area contributed by atoms with Gasteiger partial charge >= 0.3 is 0 Å². The van der Waals surface area contributed by atoms with Crippen LogP contribution < -0.4 is 9.62 Å². The molecule has 13 heteroatoms. The zero-order chi connectivity index (χ0) is 30.3. The highest BCUT2D eigenvalue weighted by molar-refractivity contribution is 7.92. The van der Waals surface area contributed by atoms with E-state index < -0.39 is 39.3 Å². The third-order valence-electron chi connectivity index (χ3n) is 6.07. The molecule has 3 rings (SSSR count). The smallest absolute Gasteiger partial charge is 0.271 e. The van der Waals surface area contributed by atoms with Crippen LogP contribution in [0.2, 0.25) is 10.0 Å². The van der Waals surface area contributed by atoms with Crippen molar-refractivity contribution in [1.29, 1.82) is 0 Å². The molecule has 0 aliphatic heterocycles. The van der Waals surface area contributed by atoms with E-state index in [2.05, 4.69) is 5.32 Å². The molecule has 1 atom stereocenters. The molecule has 0 aliphatic carbocycles. The van der Waals surface area contributed by atoms with Crippen LogP contribution in [0.5, 0.6) is 0 Å². The number of carbonyl (C=O) groups excluding carboxylic acids is 2. The number of carbonyl (C=O) groups is 2. The van der Waals surface area contributed by atoms with Gasteiger partial charge in [0.05, 0.1) is 16.9 Å². The Bertz CT molecular complexity index is 1520. The second-order valence-electron chi connectivity index (χ2n) is 9.67. The summed E-state index contributed by atoms with van der Waals surface area (Å²) in [6.07, 6.45) is 1.03. The molecular formula is C28H30Cl2N4O6S. The Morgan fingerprint density at radius 2 is 1.68 bits per heavy atom. The molecule has 0 bridgehead atoms. The summed E-state index contributed by atoms with van der Waals surface area (Å²) in [5.41, 5.74) is 0.855. The van der Waals surface area contributed by atoms with Crippen molar-refractivity contribution in [3.8, 4) is 0 Å². The molecule has 3 aromatic rings. The number of halogens is 2. The average Bonchev–Trinajstić information content (AvgIpc) is 2.89. The van der Waals surface area contributed by atoms with Gasteiger partial charge in [-0.25, -0.2) is 8.42 Å². The van der Waals surface area contributed by atoms with Crippen molar-refractivity contribution >= 4 is 56.4 Å². The van der Waals surface area contributed by atoms with Crippen molar-refractivity contribution < 1.29 is 22.9 Å². The molecule has 0 saturated heterocycles. The Labute approximate surface area is 249 Å². The Morgan fingerprint density at radius 1 is 1.00 bits per heavy atom. The van der Waals surface area contributed by atoms with Gasteiger partial charge in [-0.15, -0.1) is 0 Å². The number of hydrogen-bond donors (Lipinski definition) is 1. The highest BCUT2D eigenvalue weighted by Crippen LogP contribution is 2.26. The normalized spacial score (nSPS) is 12.0. The van der Waals surface area contributed by atoms with Crippen molar-refractivity contribution in [2.45, 2.75) is 38.9 Å². The standard InChI is InChI=1S/C28H30Cl2N4O6S/c1-19(2)31-28(36)26(14-20-8-5-4-6-9-20)32(17-21-12-13-22(29)15-25(21)30)27(35)18-33(41(3,39)40)23-10-7-11-24(16-23)34(37)38/h4-13,15-16,19,26H,14,17-18H2,1-3H3,(H,31,36)/t26-/m0/s1. The van der Waals surface area contributed by atoms with Crippen LogP contribution in [0.4, 0.5) is 11.4 Å². The monoisotopic (exact) mass is 620 g/mol. The minimum absolute atomic E-state index is 0.0641. The van der Waals surface area contributed by atoms with Crippen LogP contribution in [-0.4, -0.2) is 54.9 Å². The molecule has 10 nitrogen and oxygen atoms in total. The summed E-state index contributed by atoms with van der Waals surface area (Å²) in [4.78, 5) is 39.5. The maximum Gasteiger partial charge on any atom is 0.271 e. The third kappa shape index (κ3) is 8.91. The van der Waals surface area contributed by atoms with Gasteiger partial charge in [0.25, 0.3) is 5.69 Å². The van der Waals surface area contributed by atoms with E-state index >= 15 is 0 Å². The van der Waals surface area contributed by atoms with E-state index in [9.17, 15) is 28.1 Å². The van der Waals surface area contributed by atoms with Gasteiger partial charge < -0.3 is 10.2 Å². The van der Waals surface area contributed by atoms with E-state index in [1.165, 1.54) is 29.2 Å². The number of rotatable bonds is 12. The van der Waals surface area contributed by atoms with Crippen LogP contribution >= 0.6 is 23.2 Å². The zero-order valence-corrected chi connectivity index (χ0v) is 25.0. The molecule has 0 unspecified atom stereocenters. The van der Waals surface area contributed by atoms with Gasteiger partial charge in [0, 0.05) is 41.2 Å². The summed E-state index contributed by atoms with van der Waals surface area (Å²) >= 11 is 12.5. The number of nitro groups is 1. The largest absolute Gasteiger partial charge is 0.352 e. The topological polar surface area (TPSA) is 130 Å². The minimum Gasteiger partial charge on any atom is -0.352 e. The molecule has 3 aromatic carbocycles. The fourth-order valence-corrected chi connectivity index (χ4v) is 5.45. The first-order chi connectivity index (χ1) is 19.3. The van der Waals surface area contributed by atoms with E-state index in [1.54, 1.807) is 26.0 Å². The second kappa shape index (κ2) is 13.8. The van der Waals surface area contributed by atoms with Gasteiger partial charge in [0.1, 0.15) is 12.6 Å². The van der Waals surface area contributed by atoms with Crippen molar-refractivity contribution in [2.24, 2.45) is 0 Å². The highest BCUT2D eigenvalue weighted by Gasteiger charge is 2.34. The van der Waals surface area contributed by atoms with E-state index in [-0.39, 0.29) is 35.4 Å². The van der Waals surface area contributed by atoms with Crippen LogP contribution in [0.25, 0.3) is 0 Å². The second-order valence-corrected chi connectivity index (χ2v) is 12.4. The summed E-state index contributed by atoms with van der Waals surface area (Å²) < 4.78 is 26.4. The number of anilines is 1. The number of hydrogen-bond acceptors (Lipinski definition) is 6. The molecule has 0 aliphatic rings. The van der Waals surface area contributed by atoms with Crippen molar-refractivity contribution in [3.63, 3.8) is 0 Å². The first-order valence-electron chi connectivity index (χ1n) is 12.6. The number of sulfonamides is 1. The van der Waals surface area contributed by atoms with Crippen molar-refractivity contribution in [2.75, 3.05) is 17.1 Å². The molecule has 0 saturated carbocycles. The van der Waals surface area contributed by atoms with Crippen molar-refractivity contribution in [3.05, 3.63) is 104 Å². The van der Waals surface area contributed by atoms with E-state index in [1.807, 2.05) is 30.3 Å². The molecule has 2 amide bonds. The quantitative estimate of drug-likeness (QED) is 0.228. The molecule has 0 radical (unpaired) electrons. The number of non-ortho nitro benzene ring substituents is 1. The maximum atomic E-state index is 14.0. The van der Waals surface area contributed by atoms with Gasteiger partial charge in [-0.1, -0.05) is 65.7 Å². The fraction of sp³-hybridized carbons (Fsp3) is 0.286. The van der Waals surface area contributed by atoms with Gasteiger partial charge in [0.15, 0.2) is 0 Å². The molecule has 0 fully saturated rings. The minimum atomic E-state index is -4.08. The summed E-state index contributed by atoms with van der Waals surface area (Å²) in [5, 5.41) is 14.8. The SMILES string of the molecule is CC(C)NC(=O)[C@H](Cc1ccccc1)N(Cc1ccc(Cl)cc1Cl)C(=O)CN(c1cccc([N+](=O)[O-])c1)S(C)(=O)=O. The Morgan fingerprint density at radius 3 is 2.27 bits per heavy atom.